The van der Waals surface area contributed by atoms with Crippen LogP contribution in [0.15, 0.2) is 24.3 Å². The van der Waals surface area contributed by atoms with Crippen molar-refractivity contribution in [2.24, 2.45) is 0 Å². The van der Waals surface area contributed by atoms with Gasteiger partial charge in [0, 0.05) is 5.69 Å². The van der Waals surface area contributed by atoms with Crippen LogP contribution in [-0.4, -0.2) is 17.0 Å². The van der Waals surface area contributed by atoms with Gasteiger partial charge in [0.05, 0.1) is 0 Å². The lowest BCUT2D eigenvalue weighted by Gasteiger charge is -2.12. The van der Waals surface area contributed by atoms with E-state index in [1.54, 1.807) is 12.1 Å². The minimum absolute atomic E-state index is 0.230. The third kappa shape index (κ3) is 2.80. The predicted octanol–water partition coefficient (Wildman–Crippen LogP) is 1.25. The second-order valence-corrected chi connectivity index (χ2v) is 3.64. The lowest BCUT2D eigenvalue weighted by atomic mass is 10.0. The van der Waals surface area contributed by atoms with Crippen LogP contribution in [0.3, 0.4) is 0 Å². The molecule has 0 bridgehead atoms. The molecule has 0 saturated heterocycles. The smallest absolute Gasteiger partial charge is 0.317 e. The molecule has 1 rings (SSSR count). The van der Waals surface area contributed by atoms with E-state index in [-0.39, 0.29) is 5.92 Å². The highest BCUT2D eigenvalue weighted by Crippen LogP contribution is 2.23. The zero-order chi connectivity index (χ0) is 12.1. The first kappa shape index (κ1) is 12.2. The van der Waals surface area contributed by atoms with Crippen molar-refractivity contribution in [3.63, 3.8) is 0 Å². The third-order valence-corrected chi connectivity index (χ3v) is 2.14. The SMILES string of the molecule is CC(C)c1ccccc1NC(=O)C(=O)NO. The molecule has 0 unspecified atom stereocenters. The molecule has 0 spiro atoms. The maximum atomic E-state index is 11.2. The van der Waals surface area contributed by atoms with Crippen molar-refractivity contribution in [2.45, 2.75) is 19.8 Å². The van der Waals surface area contributed by atoms with Crippen molar-refractivity contribution in [1.82, 2.24) is 5.48 Å². The van der Waals surface area contributed by atoms with Crippen LogP contribution in [0.5, 0.6) is 0 Å². The van der Waals surface area contributed by atoms with Gasteiger partial charge in [0.25, 0.3) is 0 Å². The highest BCUT2D eigenvalue weighted by molar-refractivity contribution is 6.39. The van der Waals surface area contributed by atoms with Crippen LogP contribution in [0.25, 0.3) is 0 Å². The number of hydrogen-bond donors (Lipinski definition) is 3. The van der Waals surface area contributed by atoms with E-state index < -0.39 is 11.8 Å². The molecule has 0 fully saturated rings. The molecule has 0 heterocycles. The Kier molecular flexibility index (Phi) is 4.02. The molecule has 5 heteroatoms. The summed E-state index contributed by atoms with van der Waals surface area (Å²) >= 11 is 0. The Bertz CT molecular complexity index is 402. The fraction of sp³-hybridized carbons (Fsp3) is 0.273. The number of para-hydroxylation sites is 1. The van der Waals surface area contributed by atoms with E-state index in [0.29, 0.717) is 5.69 Å². The number of nitrogens with one attached hydrogen (secondary N) is 2. The lowest BCUT2D eigenvalue weighted by molar-refractivity contribution is -0.141. The minimum atomic E-state index is -1.08. The molecular formula is C11H14N2O3. The Balaban J connectivity index is 2.89. The van der Waals surface area contributed by atoms with Crippen molar-refractivity contribution in [3.8, 4) is 0 Å². The standard InChI is InChI=1S/C11H14N2O3/c1-7(2)8-5-3-4-6-9(8)12-10(14)11(15)13-16/h3-7,16H,1-2H3,(H,12,14)(H,13,15). The summed E-state index contributed by atoms with van der Waals surface area (Å²) in [4.78, 5) is 22.1. The van der Waals surface area contributed by atoms with Crippen molar-refractivity contribution < 1.29 is 14.8 Å². The Morgan fingerprint density at radius 1 is 1.19 bits per heavy atom. The number of carbonyl (C=O) groups excluding carboxylic acids is 2. The highest BCUT2D eigenvalue weighted by atomic mass is 16.5. The summed E-state index contributed by atoms with van der Waals surface area (Å²) in [5.41, 5.74) is 2.79. The normalized spacial score (nSPS) is 10.0. The first-order chi connectivity index (χ1) is 7.56. The van der Waals surface area contributed by atoms with Crippen LogP contribution in [-0.2, 0) is 9.59 Å². The Morgan fingerprint density at radius 2 is 1.81 bits per heavy atom. The van der Waals surface area contributed by atoms with E-state index in [4.69, 9.17) is 5.21 Å². The van der Waals surface area contributed by atoms with Gasteiger partial charge >= 0.3 is 11.8 Å². The van der Waals surface area contributed by atoms with Crippen LogP contribution >= 0.6 is 0 Å². The fourth-order valence-corrected chi connectivity index (χ4v) is 1.34. The van der Waals surface area contributed by atoms with Crippen LogP contribution in [0.2, 0.25) is 0 Å². The number of amides is 2. The monoisotopic (exact) mass is 222 g/mol. The molecule has 16 heavy (non-hydrogen) atoms. The van der Waals surface area contributed by atoms with Crippen LogP contribution < -0.4 is 10.8 Å². The van der Waals surface area contributed by atoms with Gasteiger partial charge in [-0.1, -0.05) is 32.0 Å². The summed E-state index contributed by atoms with van der Waals surface area (Å²) in [6, 6.07) is 7.20. The summed E-state index contributed by atoms with van der Waals surface area (Å²) < 4.78 is 0. The van der Waals surface area contributed by atoms with E-state index in [0.717, 1.165) is 5.56 Å². The molecule has 0 aliphatic heterocycles. The predicted molar refractivity (Wildman–Crippen MR) is 59.1 cm³/mol. The number of benzene rings is 1. The summed E-state index contributed by atoms with van der Waals surface area (Å²) in [5, 5.41) is 10.7. The summed E-state index contributed by atoms with van der Waals surface area (Å²) in [6.07, 6.45) is 0. The fourth-order valence-electron chi connectivity index (χ4n) is 1.34. The molecule has 0 aromatic heterocycles. The second-order valence-electron chi connectivity index (χ2n) is 3.64. The van der Waals surface area contributed by atoms with Gasteiger partial charge < -0.3 is 5.32 Å². The molecule has 86 valence electrons. The summed E-state index contributed by atoms with van der Waals surface area (Å²) in [5.74, 6) is -1.75. The molecule has 3 N–H and O–H groups in total. The van der Waals surface area contributed by atoms with Gasteiger partial charge in [-0.15, -0.1) is 0 Å². The van der Waals surface area contributed by atoms with Gasteiger partial charge in [-0.05, 0) is 17.5 Å². The molecule has 1 aromatic carbocycles. The minimum Gasteiger partial charge on any atom is -0.317 e. The average molecular weight is 222 g/mol. The van der Waals surface area contributed by atoms with Crippen LogP contribution in [0.4, 0.5) is 5.69 Å². The molecule has 0 aliphatic carbocycles. The molecule has 2 amide bonds. The summed E-state index contributed by atoms with van der Waals surface area (Å²) in [7, 11) is 0. The van der Waals surface area contributed by atoms with Gasteiger partial charge in [0.15, 0.2) is 0 Å². The molecule has 0 saturated carbocycles. The quantitative estimate of drug-likeness (QED) is 0.400. The summed E-state index contributed by atoms with van der Waals surface area (Å²) in [6.45, 7) is 3.97. The van der Waals surface area contributed by atoms with Crippen LogP contribution in [0, 0.1) is 0 Å². The maximum absolute atomic E-state index is 11.2. The Morgan fingerprint density at radius 3 is 2.38 bits per heavy atom. The van der Waals surface area contributed by atoms with E-state index in [9.17, 15) is 9.59 Å². The zero-order valence-electron chi connectivity index (χ0n) is 9.15. The molecule has 5 nitrogen and oxygen atoms in total. The van der Waals surface area contributed by atoms with Crippen molar-refractivity contribution >= 4 is 17.5 Å². The second kappa shape index (κ2) is 5.27. The lowest BCUT2D eigenvalue weighted by Crippen LogP contribution is -2.33. The number of carbonyl (C=O) groups is 2. The van der Waals surface area contributed by atoms with Crippen molar-refractivity contribution in [2.75, 3.05) is 5.32 Å². The molecule has 1 aromatic rings. The van der Waals surface area contributed by atoms with Crippen LogP contribution in [0.1, 0.15) is 25.3 Å². The number of hydrogen-bond acceptors (Lipinski definition) is 3. The number of anilines is 1. The maximum Gasteiger partial charge on any atom is 0.332 e. The molecular weight excluding hydrogens is 208 g/mol. The first-order valence-corrected chi connectivity index (χ1v) is 4.90. The van der Waals surface area contributed by atoms with E-state index in [1.165, 1.54) is 5.48 Å². The first-order valence-electron chi connectivity index (χ1n) is 4.90. The molecule has 0 radical (unpaired) electrons. The topological polar surface area (TPSA) is 78.4 Å². The molecule has 0 atom stereocenters. The third-order valence-electron chi connectivity index (χ3n) is 2.14. The number of hydroxylamine groups is 1. The van der Waals surface area contributed by atoms with Gasteiger partial charge in [-0.2, -0.15) is 0 Å². The van der Waals surface area contributed by atoms with Gasteiger partial charge in [0.1, 0.15) is 0 Å². The van der Waals surface area contributed by atoms with E-state index in [2.05, 4.69) is 5.32 Å². The molecule has 0 aliphatic rings. The Labute approximate surface area is 93.4 Å². The van der Waals surface area contributed by atoms with Gasteiger partial charge in [-0.25, -0.2) is 5.48 Å². The van der Waals surface area contributed by atoms with Gasteiger partial charge in [-0.3, -0.25) is 14.8 Å². The largest absolute Gasteiger partial charge is 0.332 e. The zero-order valence-corrected chi connectivity index (χ0v) is 9.15. The average Bonchev–Trinajstić information content (AvgIpc) is 2.28. The van der Waals surface area contributed by atoms with Gasteiger partial charge in [0.2, 0.25) is 0 Å². The highest BCUT2D eigenvalue weighted by Gasteiger charge is 2.14. The van der Waals surface area contributed by atoms with Crippen molar-refractivity contribution in [3.05, 3.63) is 29.8 Å². The van der Waals surface area contributed by atoms with Crippen molar-refractivity contribution in [1.29, 1.82) is 0 Å². The van der Waals surface area contributed by atoms with E-state index in [1.807, 2.05) is 26.0 Å². The number of rotatable bonds is 2. The van der Waals surface area contributed by atoms with E-state index >= 15 is 0 Å². The Hall–Kier alpha value is -1.88.